The Hall–Kier alpha value is -1.41. The molecule has 0 spiro atoms. The van der Waals surface area contributed by atoms with Gasteiger partial charge >= 0.3 is 5.28 Å². The van der Waals surface area contributed by atoms with Gasteiger partial charge in [0.05, 0.1) is 7.05 Å². The maximum atomic E-state index is 5.92. The van der Waals surface area contributed by atoms with Crippen molar-refractivity contribution in [3.63, 3.8) is 0 Å². The van der Waals surface area contributed by atoms with Crippen molar-refractivity contribution in [2.24, 2.45) is 7.05 Å². The third-order valence-electron chi connectivity index (χ3n) is 2.12. The lowest BCUT2D eigenvalue weighted by atomic mass is 10.1. The van der Waals surface area contributed by atoms with E-state index in [4.69, 9.17) is 11.6 Å². The fourth-order valence-corrected chi connectivity index (χ4v) is 1.51. The molecule has 1 aromatic carbocycles. The van der Waals surface area contributed by atoms with Crippen LogP contribution in [0.5, 0.6) is 0 Å². The van der Waals surface area contributed by atoms with Gasteiger partial charge in [0.1, 0.15) is 11.9 Å². The Labute approximate surface area is 87.8 Å². The average molecular weight is 206 g/mol. The third kappa shape index (κ3) is 1.61. The molecule has 1 aromatic heterocycles. The second-order valence-electron chi connectivity index (χ2n) is 3.02. The first kappa shape index (κ1) is 9.16. The summed E-state index contributed by atoms with van der Waals surface area (Å²) >= 11 is 5.92. The Bertz CT molecular complexity index is 440. The summed E-state index contributed by atoms with van der Waals surface area (Å²) in [6.07, 6.45) is 1.71. The van der Waals surface area contributed by atoms with Crippen LogP contribution in [0.3, 0.4) is 0 Å². The van der Waals surface area contributed by atoms with Gasteiger partial charge in [-0.1, -0.05) is 30.3 Å². The summed E-state index contributed by atoms with van der Waals surface area (Å²) in [7, 11) is 1.90. The molecule has 2 aromatic rings. The van der Waals surface area contributed by atoms with Gasteiger partial charge in [-0.25, -0.2) is 4.57 Å². The minimum atomic E-state index is 0.492. The summed E-state index contributed by atoms with van der Waals surface area (Å²) in [5.74, 6) is 0. The van der Waals surface area contributed by atoms with E-state index >= 15 is 0 Å². The third-order valence-corrected chi connectivity index (χ3v) is 2.47. The molecule has 0 amide bonds. The van der Waals surface area contributed by atoms with Crippen molar-refractivity contribution in [2.45, 2.75) is 0 Å². The van der Waals surface area contributed by atoms with Gasteiger partial charge in [0, 0.05) is 23.2 Å². The van der Waals surface area contributed by atoms with Crippen LogP contribution < -0.4 is 4.57 Å². The fraction of sp³-hybridized carbons (Fsp3) is 0.0909. The molecule has 1 heterocycles. The summed E-state index contributed by atoms with van der Waals surface area (Å²) in [5.41, 5.74) is 2.20. The molecule has 3 heteroatoms. The zero-order chi connectivity index (χ0) is 9.97. The maximum Gasteiger partial charge on any atom is 0.396 e. The first-order valence-electron chi connectivity index (χ1n) is 4.35. The summed E-state index contributed by atoms with van der Waals surface area (Å²) in [4.78, 5) is 3.99. The second-order valence-corrected chi connectivity index (χ2v) is 3.36. The molecule has 2 rings (SSSR count). The molecule has 0 atom stereocenters. The molecule has 0 aliphatic rings. The van der Waals surface area contributed by atoms with Gasteiger partial charge in [0.2, 0.25) is 0 Å². The maximum absolute atomic E-state index is 5.92. The minimum absolute atomic E-state index is 0.492. The van der Waals surface area contributed by atoms with Gasteiger partial charge in [-0.2, -0.15) is 0 Å². The van der Waals surface area contributed by atoms with Gasteiger partial charge < -0.3 is 0 Å². The summed E-state index contributed by atoms with van der Waals surface area (Å²) in [5, 5.41) is 0.492. The quantitative estimate of drug-likeness (QED) is 0.515. The van der Waals surface area contributed by atoms with Crippen LogP contribution >= 0.6 is 11.6 Å². The molecule has 0 saturated heterocycles. The van der Waals surface area contributed by atoms with Crippen LogP contribution in [0.2, 0.25) is 5.28 Å². The molecule has 0 aliphatic carbocycles. The van der Waals surface area contributed by atoms with E-state index in [1.54, 1.807) is 6.20 Å². The van der Waals surface area contributed by atoms with Crippen LogP contribution in [-0.2, 0) is 7.05 Å². The number of hydrogen-bond donors (Lipinski definition) is 0. The molecule has 2 nitrogen and oxygen atoms in total. The molecule has 0 aliphatic heterocycles. The molecule has 70 valence electrons. The number of rotatable bonds is 1. The number of aromatic nitrogens is 2. The van der Waals surface area contributed by atoms with Crippen molar-refractivity contribution in [1.29, 1.82) is 0 Å². The average Bonchev–Trinajstić information content (AvgIpc) is 2.23. The molecular formula is C11H10ClN2+. The van der Waals surface area contributed by atoms with E-state index in [0.717, 1.165) is 11.3 Å². The first-order valence-corrected chi connectivity index (χ1v) is 4.73. The number of nitrogens with zero attached hydrogens (tertiary/aromatic N) is 2. The van der Waals surface area contributed by atoms with E-state index < -0.39 is 0 Å². The topological polar surface area (TPSA) is 16.8 Å². The molecule has 0 radical (unpaired) electrons. The Morgan fingerprint density at radius 1 is 1.14 bits per heavy atom. The molecule has 0 N–H and O–H groups in total. The lowest BCUT2D eigenvalue weighted by Gasteiger charge is -2.01. The Kier molecular flexibility index (Phi) is 2.46. The van der Waals surface area contributed by atoms with Gasteiger partial charge in [0.15, 0.2) is 0 Å². The molecule has 0 bridgehead atoms. The Morgan fingerprint density at radius 2 is 1.86 bits per heavy atom. The predicted molar refractivity (Wildman–Crippen MR) is 55.9 cm³/mol. The van der Waals surface area contributed by atoms with Crippen LogP contribution in [0.4, 0.5) is 0 Å². The number of benzene rings is 1. The van der Waals surface area contributed by atoms with E-state index in [9.17, 15) is 0 Å². The largest absolute Gasteiger partial charge is 0.396 e. The van der Waals surface area contributed by atoms with Crippen molar-refractivity contribution < 1.29 is 4.57 Å². The van der Waals surface area contributed by atoms with Crippen LogP contribution in [0.1, 0.15) is 0 Å². The van der Waals surface area contributed by atoms with E-state index in [1.165, 1.54) is 0 Å². The monoisotopic (exact) mass is 205 g/mol. The smallest absolute Gasteiger partial charge is 0.216 e. The van der Waals surface area contributed by atoms with Crippen molar-refractivity contribution in [3.8, 4) is 11.3 Å². The van der Waals surface area contributed by atoms with Crippen LogP contribution in [0.25, 0.3) is 11.3 Å². The SMILES string of the molecule is C[n+]1c(-c2ccccc2)ccnc1Cl. The van der Waals surface area contributed by atoms with Gasteiger partial charge in [0.25, 0.3) is 0 Å². The van der Waals surface area contributed by atoms with Gasteiger partial charge in [-0.05, 0) is 4.98 Å². The predicted octanol–water partition coefficient (Wildman–Crippen LogP) is 2.23. The number of hydrogen-bond acceptors (Lipinski definition) is 1. The Balaban J connectivity index is 2.58. The molecule has 0 saturated carbocycles. The highest BCUT2D eigenvalue weighted by Gasteiger charge is 2.10. The molecule has 0 unspecified atom stereocenters. The Morgan fingerprint density at radius 3 is 2.57 bits per heavy atom. The van der Waals surface area contributed by atoms with Crippen molar-refractivity contribution in [3.05, 3.63) is 47.9 Å². The zero-order valence-corrected chi connectivity index (χ0v) is 8.57. The second kappa shape index (κ2) is 3.76. The van der Waals surface area contributed by atoms with E-state index in [0.29, 0.717) is 5.28 Å². The van der Waals surface area contributed by atoms with Gasteiger partial charge in [-0.15, -0.1) is 0 Å². The van der Waals surface area contributed by atoms with Crippen molar-refractivity contribution in [2.75, 3.05) is 0 Å². The van der Waals surface area contributed by atoms with E-state index in [-0.39, 0.29) is 0 Å². The van der Waals surface area contributed by atoms with Crippen LogP contribution in [0.15, 0.2) is 42.6 Å². The highest BCUT2D eigenvalue weighted by atomic mass is 35.5. The lowest BCUT2D eigenvalue weighted by molar-refractivity contribution is -0.661. The van der Waals surface area contributed by atoms with E-state index in [2.05, 4.69) is 4.98 Å². The fourth-order valence-electron chi connectivity index (χ4n) is 1.37. The normalized spacial score (nSPS) is 10.1. The lowest BCUT2D eigenvalue weighted by Crippen LogP contribution is -2.33. The van der Waals surface area contributed by atoms with Crippen LogP contribution in [-0.4, -0.2) is 4.98 Å². The van der Waals surface area contributed by atoms with Crippen molar-refractivity contribution >= 4 is 11.6 Å². The van der Waals surface area contributed by atoms with Crippen LogP contribution in [0, 0.1) is 0 Å². The van der Waals surface area contributed by atoms with Gasteiger partial charge in [-0.3, -0.25) is 0 Å². The molecule has 0 fully saturated rings. The molecule has 14 heavy (non-hydrogen) atoms. The molecular weight excluding hydrogens is 196 g/mol. The number of halogens is 1. The van der Waals surface area contributed by atoms with Crippen molar-refractivity contribution in [1.82, 2.24) is 4.98 Å². The summed E-state index contributed by atoms with van der Waals surface area (Å²) < 4.78 is 1.86. The first-order chi connectivity index (χ1) is 6.79. The van der Waals surface area contributed by atoms with E-state index in [1.807, 2.05) is 48.0 Å². The minimum Gasteiger partial charge on any atom is -0.216 e. The highest BCUT2D eigenvalue weighted by molar-refractivity contribution is 6.27. The highest BCUT2D eigenvalue weighted by Crippen LogP contribution is 2.14. The zero-order valence-electron chi connectivity index (χ0n) is 7.81. The summed E-state index contributed by atoms with van der Waals surface area (Å²) in [6.45, 7) is 0. The standard InChI is InChI=1S/C11H10ClN2/c1-14-10(7-8-13-11(14)12)9-5-3-2-4-6-9/h2-8H,1H3/q+1. The summed E-state index contributed by atoms with van der Waals surface area (Å²) in [6, 6.07) is 12.0.